The Kier molecular flexibility index (Phi) is 4.25. The lowest BCUT2D eigenvalue weighted by Crippen LogP contribution is -1.97. The van der Waals surface area contributed by atoms with Gasteiger partial charge in [0, 0.05) is 6.07 Å². The zero-order chi connectivity index (χ0) is 14.5. The van der Waals surface area contributed by atoms with Gasteiger partial charge < -0.3 is 13.9 Å². The van der Waals surface area contributed by atoms with Crippen LogP contribution in [0.25, 0.3) is 12.2 Å². The molecule has 104 valence electrons. The van der Waals surface area contributed by atoms with Gasteiger partial charge in [-0.2, -0.15) is 0 Å². The molecule has 2 aromatic rings. The third kappa shape index (κ3) is 3.29. The van der Waals surface area contributed by atoms with Crippen molar-refractivity contribution in [1.29, 1.82) is 0 Å². The minimum Gasteiger partial charge on any atom is -0.493 e. The first-order chi connectivity index (χ1) is 9.62. The van der Waals surface area contributed by atoms with Crippen molar-refractivity contribution in [2.45, 2.75) is 6.92 Å². The predicted octanol–water partition coefficient (Wildman–Crippen LogP) is 3.14. The van der Waals surface area contributed by atoms with Crippen LogP contribution in [0.2, 0.25) is 0 Å². The first-order valence-electron chi connectivity index (χ1n) is 6.14. The highest BCUT2D eigenvalue weighted by atomic mass is 16.5. The van der Waals surface area contributed by atoms with Crippen LogP contribution < -0.4 is 15.1 Å². The SMILES string of the molecule is COc1ccc(/C=C/c2cc(C)cc(=O)o2)cc1OC. The number of methoxy groups -OCH3 is 2. The maximum Gasteiger partial charge on any atom is 0.336 e. The van der Waals surface area contributed by atoms with E-state index in [2.05, 4.69) is 0 Å². The summed E-state index contributed by atoms with van der Waals surface area (Å²) < 4.78 is 15.5. The van der Waals surface area contributed by atoms with E-state index in [0.29, 0.717) is 17.3 Å². The summed E-state index contributed by atoms with van der Waals surface area (Å²) in [6.07, 6.45) is 3.59. The summed E-state index contributed by atoms with van der Waals surface area (Å²) in [6, 6.07) is 8.83. The van der Waals surface area contributed by atoms with Gasteiger partial charge in [0.2, 0.25) is 0 Å². The molecule has 0 fully saturated rings. The van der Waals surface area contributed by atoms with E-state index in [4.69, 9.17) is 13.9 Å². The minimum absolute atomic E-state index is 0.350. The maximum absolute atomic E-state index is 11.3. The van der Waals surface area contributed by atoms with Crippen molar-refractivity contribution in [3.8, 4) is 11.5 Å². The molecule has 0 bridgehead atoms. The summed E-state index contributed by atoms with van der Waals surface area (Å²) in [5, 5.41) is 0. The van der Waals surface area contributed by atoms with E-state index in [9.17, 15) is 4.79 Å². The second-order valence-corrected chi connectivity index (χ2v) is 4.30. The molecule has 0 aliphatic rings. The Labute approximate surface area is 117 Å². The molecule has 4 heteroatoms. The van der Waals surface area contributed by atoms with Crippen molar-refractivity contribution < 1.29 is 13.9 Å². The molecule has 0 aliphatic heterocycles. The van der Waals surface area contributed by atoms with Crippen molar-refractivity contribution in [3.63, 3.8) is 0 Å². The van der Waals surface area contributed by atoms with Crippen molar-refractivity contribution in [2.75, 3.05) is 14.2 Å². The third-order valence-corrected chi connectivity index (χ3v) is 2.78. The number of ether oxygens (including phenoxy) is 2. The van der Waals surface area contributed by atoms with E-state index < -0.39 is 0 Å². The molecule has 1 heterocycles. The fraction of sp³-hybridized carbons (Fsp3) is 0.188. The zero-order valence-electron chi connectivity index (χ0n) is 11.7. The minimum atomic E-state index is -0.350. The first-order valence-corrected chi connectivity index (χ1v) is 6.14. The highest BCUT2D eigenvalue weighted by Gasteiger charge is 2.02. The molecule has 0 atom stereocenters. The lowest BCUT2D eigenvalue weighted by atomic mass is 10.1. The number of hydrogen-bond donors (Lipinski definition) is 0. The van der Waals surface area contributed by atoms with Crippen molar-refractivity contribution in [3.05, 3.63) is 57.6 Å². The van der Waals surface area contributed by atoms with E-state index >= 15 is 0 Å². The molecule has 0 saturated carbocycles. The Morgan fingerprint density at radius 3 is 2.40 bits per heavy atom. The molecule has 1 aromatic carbocycles. The standard InChI is InChI=1S/C16H16O4/c1-11-8-13(20-16(17)9-11)6-4-12-5-7-14(18-2)15(10-12)19-3/h4-10H,1-3H3/b6-4+. The van der Waals surface area contributed by atoms with Gasteiger partial charge >= 0.3 is 5.63 Å². The van der Waals surface area contributed by atoms with Crippen LogP contribution >= 0.6 is 0 Å². The first kappa shape index (κ1) is 13.9. The van der Waals surface area contributed by atoms with E-state index in [0.717, 1.165) is 11.1 Å². The van der Waals surface area contributed by atoms with Gasteiger partial charge in [-0.1, -0.05) is 12.1 Å². The zero-order valence-corrected chi connectivity index (χ0v) is 11.7. The van der Waals surface area contributed by atoms with E-state index in [1.54, 1.807) is 26.4 Å². The van der Waals surface area contributed by atoms with Gasteiger partial charge in [-0.15, -0.1) is 0 Å². The molecular formula is C16H16O4. The lowest BCUT2D eigenvalue weighted by molar-refractivity contribution is 0.355. The Bertz CT molecular complexity index is 683. The largest absolute Gasteiger partial charge is 0.493 e. The van der Waals surface area contributed by atoms with Crippen LogP contribution in [0.15, 0.2) is 39.5 Å². The second-order valence-electron chi connectivity index (χ2n) is 4.30. The highest BCUT2D eigenvalue weighted by Crippen LogP contribution is 2.28. The summed E-state index contributed by atoms with van der Waals surface area (Å²) in [4.78, 5) is 11.3. The van der Waals surface area contributed by atoms with Gasteiger partial charge in [-0.25, -0.2) is 4.79 Å². The number of hydrogen-bond acceptors (Lipinski definition) is 4. The van der Waals surface area contributed by atoms with Gasteiger partial charge in [0.25, 0.3) is 0 Å². The van der Waals surface area contributed by atoms with Crippen molar-refractivity contribution >= 4 is 12.2 Å². The number of rotatable bonds is 4. The van der Waals surface area contributed by atoms with Gasteiger partial charge in [0.15, 0.2) is 11.5 Å². The number of aryl methyl sites for hydroxylation is 1. The third-order valence-electron chi connectivity index (χ3n) is 2.78. The molecule has 20 heavy (non-hydrogen) atoms. The summed E-state index contributed by atoms with van der Waals surface area (Å²) in [5.41, 5.74) is 1.44. The average molecular weight is 272 g/mol. The molecule has 0 saturated heterocycles. The van der Waals surface area contributed by atoms with Crippen LogP contribution in [0.3, 0.4) is 0 Å². The van der Waals surface area contributed by atoms with Crippen LogP contribution in [-0.4, -0.2) is 14.2 Å². The van der Waals surface area contributed by atoms with Crippen molar-refractivity contribution in [1.82, 2.24) is 0 Å². The summed E-state index contributed by atoms with van der Waals surface area (Å²) in [5.74, 6) is 1.84. The molecule has 0 radical (unpaired) electrons. The van der Waals surface area contributed by atoms with Crippen LogP contribution in [-0.2, 0) is 0 Å². The van der Waals surface area contributed by atoms with E-state index in [1.165, 1.54) is 6.07 Å². The van der Waals surface area contributed by atoms with Crippen LogP contribution in [0.5, 0.6) is 11.5 Å². The van der Waals surface area contributed by atoms with Gasteiger partial charge in [0.1, 0.15) is 5.76 Å². The molecule has 2 rings (SSSR count). The predicted molar refractivity (Wildman–Crippen MR) is 78.2 cm³/mol. The topological polar surface area (TPSA) is 48.7 Å². The van der Waals surface area contributed by atoms with E-state index in [-0.39, 0.29) is 5.63 Å². The molecule has 0 spiro atoms. The summed E-state index contributed by atoms with van der Waals surface area (Å²) >= 11 is 0. The fourth-order valence-electron chi connectivity index (χ4n) is 1.84. The number of benzene rings is 1. The van der Waals surface area contributed by atoms with Crippen LogP contribution in [0, 0.1) is 6.92 Å². The monoisotopic (exact) mass is 272 g/mol. The Balaban J connectivity index is 2.29. The molecule has 0 unspecified atom stereocenters. The van der Waals surface area contributed by atoms with Crippen LogP contribution in [0.1, 0.15) is 16.9 Å². The van der Waals surface area contributed by atoms with Gasteiger partial charge in [0.05, 0.1) is 14.2 Å². The van der Waals surface area contributed by atoms with Crippen molar-refractivity contribution in [2.24, 2.45) is 0 Å². The lowest BCUT2D eigenvalue weighted by Gasteiger charge is -2.07. The maximum atomic E-state index is 11.3. The molecule has 0 amide bonds. The fourth-order valence-corrected chi connectivity index (χ4v) is 1.84. The van der Waals surface area contributed by atoms with E-state index in [1.807, 2.05) is 31.2 Å². The quantitative estimate of drug-likeness (QED) is 0.858. The normalized spacial score (nSPS) is 10.8. The summed E-state index contributed by atoms with van der Waals surface area (Å²) in [6.45, 7) is 1.85. The highest BCUT2D eigenvalue weighted by molar-refractivity contribution is 5.69. The Morgan fingerprint density at radius 2 is 1.75 bits per heavy atom. The Hall–Kier alpha value is -2.49. The molecule has 4 nitrogen and oxygen atoms in total. The molecule has 1 aromatic heterocycles. The second kappa shape index (κ2) is 6.10. The van der Waals surface area contributed by atoms with Gasteiger partial charge in [-0.3, -0.25) is 0 Å². The Morgan fingerprint density at radius 1 is 1.00 bits per heavy atom. The molecular weight excluding hydrogens is 256 g/mol. The molecule has 0 N–H and O–H groups in total. The smallest absolute Gasteiger partial charge is 0.336 e. The summed E-state index contributed by atoms with van der Waals surface area (Å²) in [7, 11) is 3.18. The average Bonchev–Trinajstić information content (AvgIpc) is 2.43. The van der Waals surface area contributed by atoms with Gasteiger partial charge in [-0.05, 0) is 42.3 Å². The van der Waals surface area contributed by atoms with Crippen LogP contribution in [0.4, 0.5) is 0 Å². The molecule has 0 aliphatic carbocycles.